The van der Waals surface area contributed by atoms with Gasteiger partial charge >= 0.3 is 6.03 Å². The Morgan fingerprint density at radius 3 is 2.43 bits per heavy atom. The molecule has 21 heavy (non-hydrogen) atoms. The van der Waals surface area contributed by atoms with E-state index in [1.807, 2.05) is 19.1 Å². The van der Waals surface area contributed by atoms with Gasteiger partial charge in [-0.25, -0.2) is 9.18 Å². The summed E-state index contributed by atoms with van der Waals surface area (Å²) in [5, 5.41) is 5.99. The molecule has 1 unspecified atom stereocenters. The molecule has 0 spiro atoms. The molecule has 0 saturated heterocycles. The summed E-state index contributed by atoms with van der Waals surface area (Å²) >= 11 is 5.82. The monoisotopic (exact) mass is 307 g/mol. The van der Waals surface area contributed by atoms with Gasteiger partial charge in [0.25, 0.3) is 0 Å². The fraction of sp³-hybridized carbons (Fsp3) is 0.133. The van der Waals surface area contributed by atoms with E-state index >= 15 is 0 Å². The Kier molecular flexibility index (Phi) is 4.65. The highest BCUT2D eigenvalue weighted by Crippen LogP contribution is 2.24. The molecule has 2 amide bonds. The maximum Gasteiger partial charge on any atom is 0.316 e. The molecule has 1 atom stereocenters. The second kappa shape index (κ2) is 6.45. The fourth-order valence-electron chi connectivity index (χ4n) is 1.97. The standard InChI is InChI=1S/C15H15ClFN3O/c1-9(19-14-7-11(16)6-12(17)8-14)10-2-4-13(5-3-10)20-15(18)21/h2-9,19H,1H3,(H3,18,20,21). The third-order valence-corrected chi connectivity index (χ3v) is 3.14. The van der Waals surface area contributed by atoms with Crippen molar-refractivity contribution in [2.75, 3.05) is 10.6 Å². The number of anilines is 2. The van der Waals surface area contributed by atoms with Crippen LogP contribution in [0.1, 0.15) is 18.5 Å². The molecule has 2 rings (SSSR count). The number of nitrogens with one attached hydrogen (secondary N) is 2. The van der Waals surface area contributed by atoms with Crippen molar-refractivity contribution < 1.29 is 9.18 Å². The lowest BCUT2D eigenvalue weighted by molar-refractivity contribution is 0.259. The van der Waals surface area contributed by atoms with Crippen molar-refractivity contribution in [3.8, 4) is 0 Å². The molecule has 0 aliphatic heterocycles. The van der Waals surface area contributed by atoms with E-state index in [1.54, 1.807) is 18.2 Å². The van der Waals surface area contributed by atoms with Crippen LogP contribution in [0.2, 0.25) is 5.02 Å². The molecular weight excluding hydrogens is 293 g/mol. The van der Waals surface area contributed by atoms with E-state index in [2.05, 4.69) is 10.6 Å². The summed E-state index contributed by atoms with van der Waals surface area (Å²) in [6.07, 6.45) is 0. The molecule has 0 aliphatic rings. The van der Waals surface area contributed by atoms with Crippen molar-refractivity contribution in [1.29, 1.82) is 0 Å². The van der Waals surface area contributed by atoms with Crippen molar-refractivity contribution in [2.24, 2.45) is 5.73 Å². The highest BCUT2D eigenvalue weighted by molar-refractivity contribution is 6.30. The zero-order chi connectivity index (χ0) is 15.4. The van der Waals surface area contributed by atoms with E-state index in [0.717, 1.165) is 5.56 Å². The first kappa shape index (κ1) is 15.1. The highest BCUT2D eigenvalue weighted by Gasteiger charge is 2.07. The second-order valence-corrected chi connectivity index (χ2v) is 5.07. The Balaban J connectivity index is 2.09. The summed E-state index contributed by atoms with van der Waals surface area (Å²) in [5.74, 6) is -0.391. The predicted molar refractivity (Wildman–Crippen MR) is 83.1 cm³/mol. The molecule has 0 aliphatic carbocycles. The van der Waals surface area contributed by atoms with Crippen LogP contribution in [0.25, 0.3) is 0 Å². The Bertz CT molecular complexity index is 626. The molecule has 2 aromatic carbocycles. The Labute approximate surface area is 127 Å². The van der Waals surface area contributed by atoms with Crippen molar-refractivity contribution in [3.63, 3.8) is 0 Å². The summed E-state index contributed by atoms with van der Waals surface area (Å²) in [5.41, 5.74) is 7.24. The SMILES string of the molecule is CC(Nc1cc(F)cc(Cl)c1)c1ccc(NC(N)=O)cc1. The third-order valence-electron chi connectivity index (χ3n) is 2.92. The van der Waals surface area contributed by atoms with Crippen molar-refractivity contribution in [1.82, 2.24) is 0 Å². The van der Waals surface area contributed by atoms with Gasteiger partial charge in [0.2, 0.25) is 0 Å². The molecule has 110 valence electrons. The number of urea groups is 1. The van der Waals surface area contributed by atoms with Gasteiger partial charge in [0, 0.05) is 22.4 Å². The topological polar surface area (TPSA) is 67.2 Å². The second-order valence-electron chi connectivity index (χ2n) is 4.64. The van der Waals surface area contributed by atoms with Crippen LogP contribution >= 0.6 is 11.6 Å². The van der Waals surface area contributed by atoms with E-state index in [9.17, 15) is 9.18 Å². The smallest absolute Gasteiger partial charge is 0.316 e. The minimum atomic E-state index is -0.608. The summed E-state index contributed by atoms with van der Waals surface area (Å²) in [7, 11) is 0. The van der Waals surface area contributed by atoms with Gasteiger partial charge in [-0.15, -0.1) is 0 Å². The molecule has 0 saturated carbocycles. The third kappa shape index (κ3) is 4.36. The van der Waals surface area contributed by atoms with Crippen LogP contribution in [0, 0.1) is 5.82 Å². The minimum absolute atomic E-state index is 0.0505. The number of amides is 2. The number of hydrogen-bond acceptors (Lipinski definition) is 2. The Morgan fingerprint density at radius 2 is 1.86 bits per heavy atom. The number of nitrogens with two attached hydrogens (primary N) is 1. The van der Waals surface area contributed by atoms with Gasteiger partial charge in [0.1, 0.15) is 5.82 Å². The molecule has 0 heterocycles. The summed E-state index contributed by atoms with van der Waals surface area (Å²) in [6.45, 7) is 1.94. The number of carbonyl (C=O) groups is 1. The largest absolute Gasteiger partial charge is 0.378 e. The Morgan fingerprint density at radius 1 is 1.19 bits per heavy atom. The van der Waals surface area contributed by atoms with E-state index in [-0.39, 0.29) is 6.04 Å². The molecular formula is C15H15ClFN3O. The van der Waals surface area contributed by atoms with Gasteiger partial charge < -0.3 is 16.4 Å². The summed E-state index contributed by atoms with van der Waals surface area (Å²) in [4.78, 5) is 10.7. The first-order valence-electron chi connectivity index (χ1n) is 6.33. The van der Waals surface area contributed by atoms with E-state index in [1.165, 1.54) is 12.1 Å². The Hall–Kier alpha value is -2.27. The molecule has 0 bridgehead atoms. The first-order valence-corrected chi connectivity index (χ1v) is 6.71. The first-order chi connectivity index (χ1) is 9.94. The van der Waals surface area contributed by atoms with Gasteiger partial charge in [-0.1, -0.05) is 23.7 Å². The van der Waals surface area contributed by atoms with Crippen LogP contribution < -0.4 is 16.4 Å². The lowest BCUT2D eigenvalue weighted by atomic mass is 10.1. The van der Waals surface area contributed by atoms with Gasteiger partial charge in [0.05, 0.1) is 0 Å². The van der Waals surface area contributed by atoms with Crippen molar-refractivity contribution >= 4 is 29.0 Å². The molecule has 0 radical (unpaired) electrons. The lowest BCUT2D eigenvalue weighted by Crippen LogP contribution is -2.19. The summed E-state index contributed by atoms with van der Waals surface area (Å²) < 4.78 is 13.3. The van der Waals surface area contributed by atoms with Crippen molar-refractivity contribution in [3.05, 3.63) is 58.9 Å². The van der Waals surface area contributed by atoms with E-state index in [0.29, 0.717) is 16.4 Å². The van der Waals surface area contributed by atoms with Crippen molar-refractivity contribution in [2.45, 2.75) is 13.0 Å². The molecule has 0 fully saturated rings. The minimum Gasteiger partial charge on any atom is -0.378 e. The molecule has 0 aromatic heterocycles. The zero-order valence-corrected chi connectivity index (χ0v) is 12.1. The number of hydrogen-bond donors (Lipinski definition) is 3. The van der Waals surface area contributed by atoms with Gasteiger partial charge in [-0.2, -0.15) is 0 Å². The predicted octanol–water partition coefficient (Wildman–Crippen LogP) is 4.14. The van der Waals surface area contributed by atoms with Gasteiger partial charge in [0.15, 0.2) is 0 Å². The van der Waals surface area contributed by atoms with Crippen LogP contribution in [0.15, 0.2) is 42.5 Å². The normalized spacial score (nSPS) is 11.8. The number of carbonyl (C=O) groups excluding carboxylic acids is 1. The molecule has 4 N–H and O–H groups in total. The zero-order valence-electron chi connectivity index (χ0n) is 11.4. The van der Waals surface area contributed by atoms with Crippen LogP contribution in [0.4, 0.5) is 20.6 Å². The quantitative estimate of drug-likeness (QED) is 0.794. The maximum atomic E-state index is 13.3. The fourth-order valence-corrected chi connectivity index (χ4v) is 2.19. The number of benzene rings is 2. The number of halogens is 2. The molecule has 4 nitrogen and oxygen atoms in total. The van der Waals surface area contributed by atoms with Crippen LogP contribution in [0.5, 0.6) is 0 Å². The average Bonchev–Trinajstić information content (AvgIpc) is 2.37. The number of rotatable bonds is 4. The van der Waals surface area contributed by atoms with Crippen LogP contribution in [-0.4, -0.2) is 6.03 Å². The lowest BCUT2D eigenvalue weighted by Gasteiger charge is -2.16. The molecule has 2 aromatic rings. The van der Waals surface area contributed by atoms with E-state index < -0.39 is 11.8 Å². The summed E-state index contributed by atoms with van der Waals surface area (Å²) in [6, 6.07) is 10.8. The average molecular weight is 308 g/mol. The maximum absolute atomic E-state index is 13.3. The van der Waals surface area contributed by atoms with E-state index in [4.69, 9.17) is 17.3 Å². The number of primary amides is 1. The molecule has 6 heteroatoms. The van der Waals surface area contributed by atoms with Crippen LogP contribution in [0.3, 0.4) is 0 Å². The van der Waals surface area contributed by atoms with Gasteiger partial charge in [-0.3, -0.25) is 0 Å². The van der Waals surface area contributed by atoms with Gasteiger partial charge in [-0.05, 0) is 42.8 Å². The van der Waals surface area contributed by atoms with Crippen LogP contribution in [-0.2, 0) is 0 Å². The highest BCUT2D eigenvalue weighted by atomic mass is 35.5.